The molecule has 3 heterocycles. The van der Waals surface area contributed by atoms with Crippen LogP contribution in [0.4, 0.5) is 30.2 Å². The molecule has 0 amide bonds. The van der Waals surface area contributed by atoms with Crippen LogP contribution in [0, 0.1) is 17.1 Å². The molecule has 1 saturated heterocycles. The highest BCUT2D eigenvalue weighted by Gasteiger charge is 2.39. The highest BCUT2D eigenvalue weighted by Crippen LogP contribution is 2.37. The van der Waals surface area contributed by atoms with Crippen LogP contribution in [0.3, 0.4) is 0 Å². The zero-order valence-electron chi connectivity index (χ0n) is 22.4. The van der Waals surface area contributed by atoms with Gasteiger partial charge < -0.3 is 21.4 Å². The minimum absolute atomic E-state index is 0.0688. The molecule has 220 valence electrons. The number of benzene rings is 3. The molecule has 13 heteroatoms. The maximum Gasteiger partial charge on any atom is 0.262 e. The lowest BCUT2D eigenvalue weighted by molar-refractivity contribution is -0.0505. The Hall–Kier alpha value is -4.21. The third-order valence-corrected chi connectivity index (χ3v) is 7.87. The molecule has 3 aromatic carbocycles. The zero-order chi connectivity index (χ0) is 30.1. The molecule has 1 fully saturated rings. The van der Waals surface area contributed by atoms with Gasteiger partial charge in [-0.25, -0.2) is 13.2 Å². The van der Waals surface area contributed by atoms with E-state index in [4.69, 9.17) is 23.2 Å². The van der Waals surface area contributed by atoms with E-state index in [-0.39, 0.29) is 23.6 Å². The quantitative estimate of drug-likeness (QED) is 0.157. The monoisotopic (exact) mass is 624 g/mol. The predicted molar refractivity (Wildman–Crippen MR) is 161 cm³/mol. The third-order valence-electron chi connectivity index (χ3n) is 7.29. The molecule has 0 saturated carbocycles. The number of halogens is 5. The molecule has 2 aliphatic heterocycles. The van der Waals surface area contributed by atoms with E-state index in [1.807, 2.05) is 36.4 Å². The van der Waals surface area contributed by atoms with E-state index in [1.165, 1.54) is 24.4 Å². The smallest absolute Gasteiger partial charge is 0.262 e. The van der Waals surface area contributed by atoms with Crippen molar-refractivity contribution in [3.63, 3.8) is 0 Å². The number of hydrogen-bond donors (Lipinski definition) is 5. The molecule has 2 aliphatic rings. The fraction of sp³-hybridized carbons (Fsp3) is 0.200. The average Bonchev–Trinajstić information content (AvgIpc) is 3.48. The van der Waals surface area contributed by atoms with E-state index in [9.17, 15) is 18.4 Å². The van der Waals surface area contributed by atoms with Crippen LogP contribution in [0.15, 0.2) is 78.8 Å². The van der Waals surface area contributed by atoms with E-state index in [0.717, 1.165) is 5.56 Å². The average molecular weight is 625 g/mol. The van der Waals surface area contributed by atoms with E-state index in [0.29, 0.717) is 45.2 Å². The third kappa shape index (κ3) is 6.14. The summed E-state index contributed by atoms with van der Waals surface area (Å²) in [5.41, 5.74) is 9.94. The lowest BCUT2D eigenvalue weighted by atomic mass is 10.0. The first-order chi connectivity index (χ1) is 20.7. The molecule has 1 unspecified atom stereocenters. The first kappa shape index (κ1) is 28.9. The summed E-state index contributed by atoms with van der Waals surface area (Å²) in [5.74, 6) is -3.37. The molecule has 1 aromatic heterocycles. The number of anilines is 3. The standard InChI is InChI=1S/C30H25Cl2F3N8/c31-23-9-19(6-7-25(23)33)39-27-18(12-36)13-38-29-22(27)8-20(10-24(29)32)40-28(17-4-2-1-3-5-17)26-15-43(42-41-26)21-11-30(34,35)16-37-14-21/h1-10,13,15,21,28,37,40-42H,11,14,16H2,(H,38,39)/t21?,28-/m0/s1. The van der Waals surface area contributed by atoms with Gasteiger partial charge in [-0.1, -0.05) is 53.5 Å². The fourth-order valence-electron chi connectivity index (χ4n) is 5.23. The van der Waals surface area contributed by atoms with Crippen LogP contribution in [-0.4, -0.2) is 35.0 Å². The van der Waals surface area contributed by atoms with Crippen LogP contribution in [0.2, 0.25) is 10.0 Å². The molecule has 43 heavy (non-hydrogen) atoms. The Bertz CT molecular complexity index is 1750. The second kappa shape index (κ2) is 11.8. The van der Waals surface area contributed by atoms with E-state index in [2.05, 4.69) is 38.0 Å². The van der Waals surface area contributed by atoms with Crippen molar-refractivity contribution in [2.75, 3.05) is 23.7 Å². The van der Waals surface area contributed by atoms with Crippen molar-refractivity contribution >= 4 is 51.2 Å². The van der Waals surface area contributed by atoms with Gasteiger partial charge in [0.2, 0.25) is 0 Å². The Balaban J connectivity index is 1.37. The number of pyridine rings is 1. The zero-order valence-corrected chi connectivity index (χ0v) is 23.9. The van der Waals surface area contributed by atoms with Crippen LogP contribution in [0.25, 0.3) is 10.9 Å². The summed E-state index contributed by atoms with van der Waals surface area (Å²) in [6.45, 7) is 0.0622. The fourth-order valence-corrected chi connectivity index (χ4v) is 5.68. The van der Waals surface area contributed by atoms with Gasteiger partial charge in [0.25, 0.3) is 5.92 Å². The second-order valence-corrected chi connectivity index (χ2v) is 11.1. The lowest BCUT2D eigenvalue weighted by Crippen LogP contribution is -2.55. The second-order valence-electron chi connectivity index (χ2n) is 10.3. The summed E-state index contributed by atoms with van der Waals surface area (Å²) < 4.78 is 42.0. The highest BCUT2D eigenvalue weighted by atomic mass is 35.5. The van der Waals surface area contributed by atoms with Gasteiger partial charge in [0.05, 0.1) is 51.1 Å². The number of nitrogens with zero attached hydrogens (tertiary/aromatic N) is 3. The number of nitrogens with one attached hydrogen (secondary N) is 5. The van der Waals surface area contributed by atoms with Crippen molar-refractivity contribution in [1.29, 1.82) is 5.26 Å². The van der Waals surface area contributed by atoms with Crippen molar-refractivity contribution in [3.8, 4) is 6.07 Å². The predicted octanol–water partition coefficient (Wildman–Crippen LogP) is 6.61. The van der Waals surface area contributed by atoms with E-state index in [1.54, 1.807) is 17.3 Å². The van der Waals surface area contributed by atoms with Gasteiger partial charge in [-0.15, -0.1) is 5.53 Å². The van der Waals surface area contributed by atoms with Crippen LogP contribution < -0.4 is 26.9 Å². The number of hydrazine groups is 2. The number of piperidine rings is 1. The number of alkyl halides is 2. The van der Waals surface area contributed by atoms with E-state index < -0.39 is 23.8 Å². The molecule has 0 aliphatic carbocycles. The number of nitriles is 1. The SMILES string of the molecule is N#Cc1cnc2c(Cl)cc(N[C@H](C3=CN(C4CNCC(F)(F)C4)NN3)c3ccccc3)cc2c1Nc1ccc(F)c(Cl)c1. The van der Waals surface area contributed by atoms with Crippen molar-refractivity contribution in [2.45, 2.75) is 24.4 Å². The van der Waals surface area contributed by atoms with Crippen LogP contribution in [0.1, 0.15) is 23.6 Å². The van der Waals surface area contributed by atoms with Gasteiger partial charge in [-0.2, -0.15) is 5.26 Å². The summed E-state index contributed by atoms with van der Waals surface area (Å²) >= 11 is 12.7. The molecule has 0 spiro atoms. The maximum atomic E-state index is 14.1. The van der Waals surface area contributed by atoms with Gasteiger partial charge in [0.15, 0.2) is 0 Å². The molecule has 0 radical (unpaired) electrons. The maximum absolute atomic E-state index is 14.1. The van der Waals surface area contributed by atoms with Gasteiger partial charge >= 0.3 is 0 Å². The molecule has 4 aromatic rings. The van der Waals surface area contributed by atoms with Gasteiger partial charge in [0, 0.05) is 42.1 Å². The van der Waals surface area contributed by atoms with E-state index >= 15 is 0 Å². The van der Waals surface area contributed by atoms with Crippen molar-refractivity contribution in [2.24, 2.45) is 0 Å². The minimum atomic E-state index is -2.80. The molecule has 5 N–H and O–H groups in total. The number of fused-ring (bicyclic) bond motifs is 1. The van der Waals surface area contributed by atoms with Crippen LogP contribution in [0.5, 0.6) is 0 Å². The molecule has 2 atom stereocenters. The van der Waals surface area contributed by atoms with Crippen molar-refractivity contribution < 1.29 is 13.2 Å². The Morgan fingerprint density at radius 1 is 1.07 bits per heavy atom. The van der Waals surface area contributed by atoms with Crippen LogP contribution >= 0.6 is 23.2 Å². The van der Waals surface area contributed by atoms with Crippen molar-refractivity contribution in [1.82, 2.24) is 26.3 Å². The molecule has 6 rings (SSSR count). The normalized spacial score (nSPS) is 18.5. The molecule has 8 nitrogen and oxygen atoms in total. The van der Waals surface area contributed by atoms with Gasteiger partial charge in [-0.05, 0) is 35.9 Å². The number of hydrogen-bond acceptors (Lipinski definition) is 8. The number of aromatic nitrogens is 1. The van der Waals surface area contributed by atoms with Gasteiger partial charge in [0.1, 0.15) is 11.9 Å². The Kier molecular flexibility index (Phi) is 7.94. The summed E-state index contributed by atoms with van der Waals surface area (Å²) in [7, 11) is 0. The number of rotatable bonds is 7. The highest BCUT2D eigenvalue weighted by molar-refractivity contribution is 6.36. The molecular formula is C30H25Cl2F3N8. The molecule has 0 bridgehead atoms. The summed E-state index contributed by atoms with van der Waals surface area (Å²) in [6.07, 6.45) is 2.91. The topological polar surface area (TPSA) is 100 Å². The summed E-state index contributed by atoms with van der Waals surface area (Å²) in [6, 6.07) is 18.5. The first-order valence-electron chi connectivity index (χ1n) is 13.4. The minimum Gasteiger partial charge on any atom is -0.373 e. The summed E-state index contributed by atoms with van der Waals surface area (Å²) in [5, 5.41) is 21.8. The summed E-state index contributed by atoms with van der Waals surface area (Å²) in [4.78, 5) is 4.40. The Morgan fingerprint density at radius 3 is 2.60 bits per heavy atom. The first-order valence-corrected chi connectivity index (χ1v) is 14.1. The van der Waals surface area contributed by atoms with Gasteiger partial charge in [-0.3, -0.25) is 9.99 Å². The lowest BCUT2D eigenvalue weighted by Gasteiger charge is -2.34. The van der Waals surface area contributed by atoms with Crippen LogP contribution in [-0.2, 0) is 0 Å². The molecular weight excluding hydrogens is 600 g/mol. The van der Waals surface area contributed by atoms with Crippen molar-refractivity contribution in [3.05, 3.63) is 106 Å². The largest absolute Gasteiger partial charge is 0.373 e. The Morgan fingerprint density at radius 2 is 1.86 bits per heavy atom. The Labute approximate surface area is 255 Å².